The van der Waals surface area contributed by atoms with Crippen molar-refractivity contribution in [1.29, 1.82) is 0 Å². The fourth-order valence-corrected chi connectivity index (χ4v) is 9.88. The number of rotatable bonds is 9. The molecule has 0 heterocycles. The van der Waals surface area contributed by atoms with Crippen molar-refractivity contribution >= 4 is 52.0 Å². The first-order valence-electron chi connectivity index (χ1n) is 12.6. The minimum absolute atomic E-state index is 0.325. The number of carbonyl (C=O) groups is 2. The topological polar surface area (TPSA) is 58.9 Å². The third-order valence-corrected chi connectivity index (χ3v) is 11.9. The number of ketones is 2. The van der Waals surface area contributed by atoms with Gasteiger partial charge in [0.25, 0.3) is 0 Å². The minimum atomic E-state index is -3.33. The van der Waals surface area contributed by atoms with E-state index in [0.717, 1.165) is 15.9 Å². The van der Waals surface area contributed by atoms with Gasteiger partial charge < -0.3 is 0 Å². The Balaban J connectivity index is 1.81. The maximum absolute atomic E-state index is 14.4. The predicted octanol–water partition coefficient (Wildman–Crippen LogP) is 6.93. The number of Topliss-reactive ketones (excluding diaryl/α,β-unsaturated/α-hetero) is 2. The van der Waals surface area contributed by atoms with Crippen LogP contribution in [0.1, 0.15) is 10.4 Å². The molecule has 0 saturated carbocycles. The number of hydrogen-bond acceptors (Lipinski definition) is 4. The Hall–Kier alpha value is -4.24. The van der Waals surface area contributed by atoms with Crippen LogP contribution in [0.25, 0.3) is 0 Å². The van der Waals surface area contributed by atoms with E-state index in [1.807, 2.05) is 97.1 Å². The quantitative estimate of drug-likeness (QED) is 0.0868. The molecular weight excluding hydrogens is 523 g/mol. The molecular formula is C33H26ClN2O2P. The molecule has 0 saturated heterocycles. The van der Waals surface area contributed by atoms with Crippen molar-refractivity contribution in [2.24, 2.45) is 10.2 Å². The molecule has 0 amide bonds. The zero-order valence-electron chi connectivity index (χ0n) is 21.0. The third-order valence-electron chi connectivity index (χ3n) is 6.72. The van der Waals surface area contributed by atoms with Gasteiger partial charge in [0.2, 0.25) is 0 Å². The van der Waals surface area contributed by atoms with Gasteiger partial charge in [-0.25, -0.2) is 0 Å². The van der Waals surface area contributed by atoms with Gasteiger partial charge in [-0.05, 0) is 0 Å². The van der Waals surface area contributed by atoms with Crippen LogP contribution < -0.4 is 15.9 Å². The second-order valence-corrected chi connectivity index (χ2v) is 13.4. The standard InChI is InChI=1S/C33H26ClN2O2P/c34-26-21-23-27(24-22-26)35-36-33(32(38)31(37)25-13-5-1-6-14-25)39(28-15-7-2-8-16-28,29-17-9-3-10-18-29)30-19-11-4-12-20-30/h1-24,33,39H/b36-35+. The second kappa shape index (κ2) is 12.1. The Kier molecular flexibility index (Phi) is 8.17. The summed E-state index contributed by atoms with van der Waals surface area (Å²) >= 11 is 6.08. The van der Waals surface area contributed by atoms with Crippen LogP contribution in [0, 0.1) is 0 Å². The van der Waals surface area contributed by atoms with E-state index in [1.54, 1.807) is 48.5 Å². The van der Waals surface area contributed by atoms with E-state index in [-0.39, 0.29) is 0 Å². The molecule has 0 aliphatic rings. The summed E-state index contributed by atoms with van der Waals surface area (Å²) in [7, 11) is -3.33. The maximum atomic E-state index is 14.4. The van der Waals surface area contributed by atoms with Gasteiger partial charge in [-0.1, -0.05) is 0 Å². The molecule has 5 aromatic rings. The number of nitrogens with zero attached hydrogens (tertiary/aromatic N) is 2. The molecule has 1 atom stereocenters. The Morgan fingerprint density at radius 2 is 0.974 bits per heavy atom. The van der Waals surface area contributed by atoms with Crippen molar-refractivity contribution in [2.75, 3.05) is 0 Å². The van der Waals surface area contributed by atoms with Crippen LogP contribution in [0.4, 0.5) is 5.69 Å². The number of hydrogen-bond donors (Lipinski definition) is 0. The number of carbonyl (C=O) groups excluding carboxylic acids is 2. The van der Waals surface area contributed by atoms with Crippen LogP contribution in [0.15, 0.2) is 156 Å². The summed E-state index contributed by atoms with van der Waals surface area (Å²) in [6.07, 6.45) is 0. The predicted molar refractivity (Wildman–Crippen MR) is 162 cm³/mol. The molecule has 0 bridgehead atoms. The molecule has 0 spiro atoms. The third kappa shape index (κ3) is 5.49. The molecule has 0 aromatic heterocycles. The summed E-state index contributed by atoms with van der Waals surface area (Å²) < 4.78 is 0. The zero-order chi connectivity index (χ0) is 27.1. The molecule has 0 fully saturated rings. The number of azo groups is 1. The van der Waals surface area contributed by atoms with Gasteiger partial charge in [-0.3, -0.25) is 0 Å². The molecule has 0 aliphatic carbocycles. The van der Waals surface area contributed by atoms with Crippen molar-refractivity contribution in [2.45, 2.75) is 5.78 Å². The normalized spacial score (nSPS) is 12.6. The first-order chi connectivity index (χ1) is 19.1. The van der Waals surface area contributed by atoms with E-state index in [0.29, 0.717) is 16.3 Å². The first kappa shape index (κ1) is 26.4. The van der Waals surface area contributed by atoms with Crippen molar-refractivity contribution in [3.63, 3.8) is 0 Å². The van der Waals surface area contributed by atoms with Gasteiger partial charge in [-0.2, -0.15) is 0 Å². The van der Waals surface area contributed by atoms with E-state index < -0.39 is 24.6 Å². The zero-order valence-corrected chi connectivity index (χ0v) is 22.8. The molecule has 4 nitrogen and oxygen atoms in total. The average Bonchev–Trinajstić information content (AvgIpc) is 3.01. The Morgan fingerprint density at radius 1 is 0.564 bits per heavy atom. The van der Waals surface area contributed by atoms with Gasteiger partial charge in [-0.15, -0.1) is 0 Å². The van der Waals surface area contributed by atoms with E-state index in [1.165, 1.54) is 0 Å². The van der Waals surface area contributed by atoms with Crippen molar-refractivity contribution < 1.29 is 9.59 Å². The Bertz CT molecular complexity index is 1480. The Morgan fingerprint density at radius 3 is 1.41 bits per heavy atom. The van der Waals surface area contributed by atoms with Crippen LogP contribution in [0.5, 0.6) is 0 Å². The molecule has 0 radical (unpaired) electrons. The van der Waals surface area contributed by atoms with E-state index in [9.17, 15) is 9.59 Å². The summed E-state index contributed by atoms with van der Waals surface area (Å²) in [5.74, 6) is -2.26. The average molecular weight is 549 g/mol. The molecule has 0 aliphatic heterocycles. The molecule has 0 N–H and O–H groups in total. The van der Waals surface area contributed by atoms with Crippen molar-refractivity contribution in [3.05, 3.63) is 156 Å². The fourth-order valence-electron chi connectivity index (χ4n) is 4.90. The first-order valence-corrected chi connectivity index (χ1v) is 15.0. The summed E-state index contributed by atoms with van der Waals surface area (Å²) in [5, 5.41) is 12.7. The van der Waals surface area contributed by atoms with E-state index in [2.05, 4.69) is 5.11 Å². The molecule has 1 unspecified atom stereocenters. The molecule has 6 heteroatoms. The van der Waals surface area contributed by atoms with E-state index in [4.69, 9.17) is 16.7 Å². The summed E-state index contributed by atoms with van der Waals surface area (Å²) in [6, 6.07) is 45.3. The second-order valence-electron chi connectivity index (χ2n) is 9.06. The SMILES string of the molecule is O=C(C(=O)C(/N=N/c1ccc(Cl)cc1)[PH](c1ccccc1)(c1ccccc1)c1ccccc1)c1ccccc1. The fraction of sp³-hybridized carbons (Fsp3) is 0.0303. The van der Waals surface area contributed by atoms with Crippen molar-refractivity contribution in [3.8, 4) is 0 Å². The van der Waals surface area contributed by atoms with Crippen LogP contribution in [-0.4, -0.2) is 17.3 Å². The van der Waals surface area contributed by atoms with Crippen LogP contribution in [0.2, 0.25) is 5.02 Å². The summed E-state index contributed by atoms with van der Waals surface area (Å²) in [5.41, 5.74) is 0.868. The van der Waals surface area contributed by atoms with Gasteiger partial charge in [0.05, 0.1) is 0 Å². The van der Waals surface area contributed by atoms with Gasteiger partial charge in [0, 0.05) is 0 Å². The monoisotopic (exact) mass is 548 g/mol. The van der Waals surface area contributed by atoms with Crippen molar-refractivity contribution in [1.82, 2.24) is 0 Å². The molecule has 39 heavy (non-hydrogen) atoms. The van der Waals surface area contributed by atoms with Crippen LogP contribution in [-0.2, 0) is 4.79 Å². The van der Waals surface area contributed by atoms with E-state index >= 15 is 0 Å². The molecule has 5 aromatic carbocycles. The Labute approximate surface area is 233 Å². The van der Waals surface area contributed by atoms with Gasteiger partial charge >= 0.3 is 234 Å². The van der Waals surface area contributed by atoms with Crippen LogP contribution in [0.3, 0.4) is 0 Å². The van der Waals surface area contributed by atoms with Gasteiger partial charge in [0.1, 0.15) is 0 Å². The summed E-state index contributed by atoms with van der Waals surface area (Å²) in [4.78, 5) is 28.1. The van der Waals surface area contributed by atoms with Gasteiger partial charge in [0.15, 0.2) is 0 Å². The number of benzene rings is 5. The molecule has 5 rings (SSSR count). The molecule has 192 valence electrons. The summed E-state index contributed by atoms with van der Waals surface area (Å²) in [6.45, 7) is 0. The van der Waals surface area contributed by atoms with Crippen LogP contribution >= 0.6 is 18.9 Å². The number of halogens is 1.